The summed E-state index contributed by atoms with van der Waals surface area (Å²) in [6.07, 6.45) is 5.42. The molecular formula is C16H30N2O3. The number of nitrogens with zero attached hydrogens (tertiary/aromatic N) is 1. The maximum atomic E-state index is 12.4. The lowest BCUT2D eigenvalue weighted by molar-refractivity contribution is -0.150. The molecule has 1 saturated heterocycles. The van der Waals surface area contributed by atoms with Crippen molar-refractivity contribution in [1.82, 2.24) is 10.2 Å². The third-order valence-electron chi connectivity index (χ3n) is 4.39. The molecule has 1 heterocycles. The predicted octanol–water partition coefficient (Wildman–Crippen LogP) is 3.24. The number of rotatable bonds is 6. The fourth-order valence-corrected chi connectivity index (χ4v) is 2.86. The molecule has 0 aromatic carbocycles. The summed E-state index contributed by atoms with van der Waals surface area (Å²) in [5.41, 5.74) is -1.07. The number of hydrogen-bond donors (Lipinski definition) is 2. The third-order valence-corrected chi connectivity index (χ3v) is 4.39. The number of hydrogen-bond acceptors (Lipinski definition) is 2. The number of piperidine rings is 1. The first-order valence-corrected chi connectivity index (χ1v) is 8.09. The number of likely N-dealkylation sites (tertiary alicyclic amines) is 1. The second-order valence-corrected chi connectivity index (χ2v) is 6.86. The highest BCUT2D eigenvalue weighted by Crippen LogP contribution is 2.28. The molecule has 5 nitrogen and oxygen atoms in total. The monoisotopic (exact) mass is 298 g/mol. The summed E-state index contributed by atoms with van der Waals surface area (Å²) in [6, 6.07) is -0.159. The van der Waals surface area contributed by atoms with E-state index in [-0.39, 0.29) is 12.1 Å². The van der Waals surface area contributed by atoms with Crippen LogP contribution in [0.15, 0.2) is 0 Å². The number of carboxylic acid groups (broad SMARTS) is 1. The normalized spacial score (nSPS) is 24.0. The molecule has 2 atom stereocenters. The van der Waals surface area contributed by atoms with Crippen molar-refractivity contribution in [2.45, 2.75) is 77.8 Å². The smallest absolute Gasteiger partial charge is 0.329 e. The van der Waals surface area contributed by atoms with Gasteiger partial charge in [0.05, 0.1) is 0 Å². The molecule has 1 fully saturated rings. The Morgan fingerprint density at radius 2 is 1.90 bits per heavy atom. The fraction of sp³-hybridized carbons (Fsp3) is 0.875. The number of carbonyl (C=O) groups is 2. The van der Waals surface area contributed by atoms with E-state index < -0.39 is 11.5 Å². The van der Waals surface area contributed by atoms with E-state index in [0.717, 1.165) is 32.1 Å². The van der Waals surface area contributed by atoms with Crippen molar-refractivity contribution in [2.75, 3.05) is 6.54 Å². The van der Waals surface area contributed by atoms with Gasteiger partial charge in [0.1, 0.15) is 5.54 Å². The van der Waals surface area contributed by atoms with Gasteiger partial charge in [0.15, 0.2) is 0 Å². The minimum Gasteiger partial charge on any atom is -0.480 e. The van der Waals surface area contributed by atoms with E-state index in [9.17, 15) is 14.7 Å². The number of carbonyl (C=O) groups excluding carboxylic acids is 1. The van der Waals surface area contributed by atoms with Crippen molar-refractivity contribution in [3.05, 3.63) is 0 Å². The first-order valence-electron chi connectivity index (χ1n) is 8.09. The molecule has 1 aliphatic heterocycles. The highest BCUT2D eigenvalue weighted by molar-refractivity contribution is 5.86. The summed E-state index contributed by atoms with van der Waals surface area (Å²) < 4.78 is 0. The van der Waals surface area contributed by atoms with Crippen molar-refractivity contribution in [1.29, 1.82) is 0 Å². The molecule has 2 unspecified atom stereocenters. The maximum absolute atomic E-state index is 12.4. The molecular weight excluding hydrogens is 268 g/mol. The molecule has 2 amide bonds. The molecule has 1 rings (SSSR count). The molecule has 122 valence electrons. The van der Waals surface area contributed by atoms with Gasteiger partial charge in [-0.15, -0.1) is 0 Å². The summed E-state index contributed by atoms with van der Waals surface area (Å²) in [4.78, 5) is 25.4. The highest BCUT2D eigenvalue weighted by atomic mass is 16.4. The van der Waals surface area contributed by atoms with E-state index in [0.29, 0.717) is 18.9 Å². The van der Waals surface area contributed by atoms with Crippen LogP contribution in [-0.2, 0) is 4.79 Å². The summed E-state index contributed by atoms with van der Waals surface area (Å²) >= 11 is 0. The molecule has 5 heteroatoms. The predicted molar refractivity (Wildman–Crippen MR) is 83.3 cm³/mol. The van der Waals surface area contributed by atoms with E-state index in [1.807, 2.05) is 6.92 Å². The SMILES string of the molecule is CC(C)CCCC(C)NC(=O)N1CCCCC1(C)C(=O)O. The topological polar surface area (TPSA) is 69.6 Å². The molecule has 0 aromatic rings. The molecule has 1 aliphatic rings. The van der Waals surface area contributed by atoms with E-state index >= 15 is 0 Å². The number of urea groups is 1. The standard InChI is InChI=1S/C16H30N2O3/c1-12(2)8-7-9-13(3)17-15(21)18-11-6-5-10-16(18,4)14(19)20/h12-13H,5-11H2,1-4H3,(H,17,21)(H,19,20). The lowest BCUT2D eigenvalue weighted by Gasteiger charge is -2.41. The van der Waals surface area contributed by atoms with Crippen molar-refractivity contribution in [3.63, 3.8) is 0 Å². The van der Waals surface area contributed by atoms with Crippen molar-refractivity contribution in [2.24, 2.45) is 5.92 Å². The van der Waals surface area contributed by atoms with Crippen molar-refractivity contribution >= 4 is 12.0 Å². The van der Waals surface area contributed by atoms with Crippen LogP contribution >= 0.6 is 0 Å². The number of aliphatic carboxylic acids is 1. The van der Waals surface area contributed by atoms with Gasteiger partial charge in [-0.25, -0.2) is 9.59 Å². The van der Waals surface area contributed by atoms with Gasteiger partial charge in [0.2, 0.25) is 0 Å². The molecule has 2 N–H and O–H groups in total. The zero-order valence-electron chi connectivity index (χ0n) is 13.8. The van der Waals surface area contributed by atoms with Gasteiger partial charge < -0.3 is 15.3 Å². The molecule has 0 aliphatic carbocycles. The van der Waals surface area contributed by atoms with Crippen LogP contribution in [0.25, 0.3) is 0 Å². The molecule has 0 saturated carbocycles. The Hall–Kier alpha value is -1.26. The molecule has 0 radical (unpaired) electrons. The minimum atomic E-state index is -1.07. The summed E-state index contributed by atoms with van der Waals surface area (Å²) in [5, 5.41) is 12.4. The molecule has 0 aromatic heterocycles. The van der Waals surface area contributed by atoms with Gasteiger partial charge in [0, 0.05) is 12.6 Å². The Morgan fingerprint density at radius 3 is 2.48 bits per heavy atom. The van der Waals surface area contributed by atoms with Crippen LogP contribution in [0.1, 0.15) is 66.2 Å². The molecule has 0 bridgehead atoms. The van der Waals surface area contributed by atoms with Crippen LogP contribution in [0, 0.1) is 5.92 Å². The lowest BCUT2D eigenvalue weighted by Crippen LogP contribution is -2.60. The molecule has 0 spiro atoms. The largest absolute Gasteiger partial charge is 0.480 e. The van der Waals surface area contributed by atoms with E-state index in [1.54, 1.807) is 6.92 Å². The Morgan fingerprint density at radius 1 is 1.24 bits per heavy atom. The summed E-state index contributed by atoms with van der Waals surface area (Å²) in [5.74, 6) is -0.241. The Balaban J connectivity index is 2.54. The van der Waals surface area contributed by atoms with Gasteiger partial charge in [-0.3, -0.25) is 0 Å². The van der Waals surface area contributed by atoms with Crippen LogP contribution in [0.5, 0.6) is 0 Å². The van der Waals surface area contributed by atoms with E-state index in [1.165, 1.54) is 4.90 Å². The second-order valence-electron chi connectivity index (χ2n) is 6.86. The van der Waals surface area contributed by atoms with Crippen LogP contribution in [0.3, 0.4) is 0 Å². The van der Waals surface area contributed by atoms with Gasteiger partial charge >= 0.3 is 12.0 Å². The van der Waals surface area contributed by atoms with Gasteiger partial charge in [-0.1, -0.05) is 26.7 Å². The van der Waals surface area contributed by atoms with Crippen molar-refractivity contribution in [3.8, 4) is 0 Å². The van der Waals surface area contributed by atoms with Gasteiger partial charge in [-0.2, -0.15) is 0 Å². The highest BCUT2D eigenvalue weighted by Gasteiger charge is 2.44. The minimum absolute atomic E-state index is 0.0798. The lowest BCUT2D eigenvalue weighted by atomic mass is 9.89. The Bertz CT molecular complexity index is 371. The van der Waals surface area contributed by atoms with Gasteiger partial charge in [-0.05, 0) is 45.4 Å². The summed E-state index contributed by atoms with van der Waals surface area (Å²) in [7, 11) is 0. The van der Waals surface area contributed by atoms with Crippen LogP contribution in [-0.4, -0.2) is 40.1 Å². The third kappa shape index (κ3) is 4.90. The van der Waals surface area contributed by atoms with Crippen molar-refractivity contribution < 1.29 is 14.7 Å². The zero-order valence-corrected chi connectivity index (χ0v) is 13.8. The number of carboxylic acids is 1. The Kier molecular flexibility index (Phi) is 6.49. The van der Waals surface area contributed by atoms with E-state index in [4.69, 9.17) is 0 Å². The second kappa shape index (κ2) is 7.66. The summed E-state index contributed by atoms with van der Waals surface area (Å²) in [6.45, 7) is 8.54. The fourth-order valence-electron chi connectivity index (χ4n) is 2.86. The average Bonchev–Trinajstić information content (AvgIpc) is 2.38. The first kappa shape index (κ1) is 17.8. The molecule has 21 heavy (non-hydrogen) atoms. The quantitative estimate of drug-likeness (QED) is 0.791. The zero-order chi connectivity index (χ0) is 16.0. The van der Waals surface area contributed by atoms with Crippen LogP contribution in [0.4, 0.5) is 4.79 Å². The average molecular weight is 298 g/mol. The van der Waals surface area contributed by atoms with Crippen LogP contribution < -0.4 is 5.32 Å². The number of amides is 2. The van der Waals surface area contributed by atoms with Crippen LogP contribution in [0.2, 0.25) is 0 Å². The van der Waals surface area contributed by atoms with E-state index in [2.05, 4.69) is 19.2 Å². The first-order chi connectivity index (χ1) is 9.77. The maximum Gasteiger partial charge on any atom is 0.329 e. The Labute approximate surface area is 128 Å². The van der Waals surface area contributed by atoms with Gasteiger partial charge in [0.25, 0.3) is 0 Å². The number of nitrogens with one attached hydrogen (secondary N) is 1.